The third-order valence-corrected chi connectivity index (χ3v) is 4.11. The number of rotatable bonds is 1. The van der Waals surface area contributed by atoms with Gasteiger partial charge in [-0.05, 0) is 0 Å². The maximum Gasteiger partial charge on any atom is 0.500 e. The van der Waals surface area contributed by atoms with Crippen molar-refractivity contribution in [1.82, 2.24) is 0 Å². The Bertz CT molecular complexity index is 519. The summed E-state index contributed by atoms with van der Waals surface area (Å²) in [6, 6.07) is -1.32. The minimum Gasteiger partial charge on any atom is -0.456 e. The van der Waals surface area contributed by atoms with Crippen molar-refractivity contribution in [3.05, 3.63) is 31.2 Å². The lowest BCUT2D eigenvalue weighted by molar-refractivity contribution is 0.0458. The third kappa shape index (κ3) is 1.91. The normalized spacial score (nSPS) is 18.0. The van der Waals surface area contributed by atoms with E-state index in [1.165, 1.54) is 0 Å². The summed E-state index contributed by atoms with van der Waals surface area (Å²) in [5, 5.41) is 17.8. The molecule has 1 heterocycles. The molecule has 4 nitrogen and oxygen atoms in total. The van der Waals surface area contributed by atoms with Crippen molar-refractivity contribution < 1.29 is 19.6 Å². The van der Waals surface area contributed by atoms with E-state index in [4.69, 9.17) is 61.2 Å². The first-order valence-electron chi connectivity index (χ1n) is 4.29. The predicted molar refractivity (Wildman–Crippen MR) is 64.8 cm³/mol. The number of carbonyl (C=O) groups is 1. The van der Waals surface area contributed by atoms with Crippen LogP contribution >= 0.6 is 46.4 Å². The molecule has 1 aliphatic heterocycles. The van der Waals surface area contributed by atoms with Crippen molar-refractivity contribution in [3.8, 4) is 0 Å². The number of hydrogen-bond acceptors (Lipinski definition) is 4. The highest BCUT2D eigenvalue weighted by Crippen LogP contribution is 2.48. The van der Waals surface area contributed by atoms with E-state index >= 15 is 0 Å². The van der Waals surface area contributed by atoms with E-state index in [2.05, 4.69) is 0 Å². The molecule has 1 aromatic carbocycles. The zero-order valence-electron chi connectivity index (χ0n) is 7.88. The van der Waals surface area contributed by atoms with Gasteiger partial charge in [-0.1, -0.05) is 46.4 Å². The minimum atomic E-state index is -1.92. The van der Waals surface area contributed by atoms with Gasteiger partial charge in [-0.2, -0.15) is 0 Å². The number of cyclic esters (lactones) is 1. The number of esters is 1. The summed E-state index contributed by atoms with van der Waals surface area (Å²) in [5.74, 6) is -0.830. The molecule has 1 atom stereocenters. The lowest BCUT2D eigenvalue weighted by atomic mass is 9.77. The van der Waals surface area contributed by atoms with Crippen LogP contribution in [0.3, 0.4) is 0 Å². The predicted octanol–water partition coefficient (Wildman–Crippen LogP) is 2.52. The second-order valence-electron chi connectivity index (χ2n) is 3.28. The van der Waals surface area contributed by atoms with Gasteiger partial charge in [-0.3, -0.25) is 0 Å². The molecule has 90 valence electrons. The van der Waals surface area contributed by atoms with Gasteiger partial charge in [0, 0.05) is 5.56 Å². The van der Waals surface area contributed by atoms with Gasteiger partial charge in [0.1, 0.15) is 0 Å². The Kier molecular flexibility index (Phi) is 3.51. The standard InChI is InChI=1S/C8H3BCl4O4/c10-3-1-2(4(11)6(13)5(3)12)8(14)17-7(1)9(15)16/h7,15-16H. The highest BCUT2D eigenvalue weighted by Gasteiger charge is 2.43. The van der Waals surface area contributed by atoms with Crippen molar-refractivity contribution in [1.29, 1.82) is 0 Å². The monoisotopic (exact) mass is 314 g/mol. The smallest absolute Gasteiger partial charge is 0.456 e. The van der Waals surface area contributed by atoms with Crippen molar-refractivity contribution in [2.75, 3.05) is 0 Å². The molecule has 2 N–H and O–H groups in total. The molecule has 0 spiro atoms. The van der Waals surface area contributed by atoms with Gasteiger partial charge in [0.15, 0.2) is 6.00 Å². The Labute approximate surface area is 116 Å². The third-order valence-electron chi connectivity index (χ3n) is 2.30. The molecule has 0 saturated carbocycles. The lowest BCUT2D eigenvalue weighted by Crippen LogP contribution is -2.23. The summed E-state index contributed by atoms with van der Waals surface area (Å²) in [5.41, 5.74) is -0.0600. The fourth-order valence-electron chi connectivity index (χ4n) is 1.56. The van der Waals surface area contributed by atoms with E-state index in [1.807, 2.05) is 0 Å². The van der Waals surface area contributed by atoms with Crippen molar-refractivity contribution >= 4 is 59.5 Å². The maximum atomic E-state index is 11.5. The van der Waals surface area contributed by atoms with Crippen LogP contribution in [0.1, 0.15) is 21.9 Å². The highest BCUT2D eigenvalue weighted by molar-refractivity contribution is 6.54. The summed E-state index contributed by atoms with van der Waals surface area (Å²) in [7, 11) is -1.92. The largest absolute Gasteiger partial charge is 0.500 e. The topological polar surface area (TPSA) is 66.8 Å². The van der Waals surface area contributed by atoms with Crippen molar-refractivity contribution in [3.63, 3.8) is 0 Å². The fourth-order valence-corrected chi connectivity index (χ4v) is 2.61. The Morgan fingerprint density at radius 1 is 1.00 bits per heavy atom. The number of halogens is 4. The molecule has 0 radical (unpaired) electrons. The molecule has 1 aromatic rings. The molecule has 0 saturated heterocycles. The Morgan fingerprint density at radius 3 is 2.06 bits per heavy atom. The van der Waals surface area contributed by atoms with E-state index in [9.17, 15) is 4.79 Å². The van der Waals surface area contributed by atoms with E-state index in [0.717, 1.165) is 0 Å². The summed E-state index contributed by atoms with van der Waals surface area (Å²) >= 11 is 23.3. The zero-order valence-corrected chi connectivity index (χ0v) is 10.9. The van der Waals surface area contributed by atoms with Crippen LogP contribution in [-0.4, -0.2) is 23.1 Å². The molecule has 2 rings (SSSR count). The first-order chi connectivity index (χ1) is 7.86. The van der Waals surface area contributed by atoms with Gasteiger partial charge in [-0.15, -0.1) is 0 Å². The quantitative estimate of drug-likeness (QED) is 0.362. The van der Waals surface area contributed by atoms with Crippen LogP contribution in [0.4, 0.5) is 0 Å². The van der Waals surface area contributed by atoms with E-state index < -0.39 is 19.1 Å². The van der Waals surface area contributed by atoms with Gasteiger partial charge in [0.2, 0.25) is 0 Å². The number of hydrogen-bond donors (Lipinski definition) is 2. The van der Waals surface area contributed by atoms with E-state index in [1.54, 1.807) is 0 Å². The minimum absolute atomic E-state index is 0.0334. The van der Waals surface area contributed by atoms with Crippen LogP contribution < -0.4 is 0 Å². The van der Waals surface area contributed by atoms with Gasteiger partial charge in [0.05, 0.1) is 25.7 Å². The average Bonchev–Trinajstić information content (AvgIpc) is 2.61. The zero-order chi connectivity index (χ0) is 12.9. The number of benzene rings is 1. The number of fused-ring (bicyclic) bond motifs is 1. The van der Waals surface area contributed by atoms with Gasteiger partial charge in [-0.25, -0.2) is 4.79 Å². The van der Waals surface area contributed by atoms with Crippen LogP contribution in [0.25, 0.3) is 0 Å². The Morgan fingerprint density at radius 2 is 1.53 bits per heavy atom. The second-order valence-corrected chi connectivity index (χ2v) is 4.80. The van der Waals surface area contributed by atoms with Gasteiger partial charge < -0.3 is 14.8 Å². The molecule has 0 amide bonds. The molecule has 0 aromatic heterocycles. The van der Waals surface area contributed by atoms with Crippen LogP contribution in [0.5, 0.6) is 0 Å². The van der Waals surface area contributed by atoms with E-state index in [0.29, 0.717) is 0 Å². The van der Waals surface area contributed by atoms with Crippen LogP contribution in [0.2, 0.25) is 20.1 Å². The Hall–Kier alpha value is -0.165. The molecule has 9 heteroatoms. The van der Waals surface area contributed by atoms with Crippen LogP contribution in [0, 0.1) is 0 Å². The first-order valence-corrected chi connectivity index (χ1v) is 5.80. The van der Waals surface area contributed by atoms with Crippen LogP contribution in [0.15, 0.2) is 0 Å². The molecule has 0 bridgehead atoms. The van der Waals surface area contributed by atoms with Crippen LogP contribution in [-0.2, 0) is 4.74 Å². The summed E-state index contributed by atoms with van der Waals surface area (Å²) < 4.78 is 4.74. The van der Waals surface area contributed by atoms with Gasteiger partial charge >= 0.3 is 13.1 Å². The molecule has 17 heavy (non-hydrogen) atoms. The molecule has 1 unspecified atom stereocenters. The molecular formula is C8H3BCl4O4. The lowest BCUT2D eigenvalue weighted by Gasteiger charge is -2.12. The summed E-state index contributed by atoms with van der Waals surface area (Å²) in [4.78, 5) is 11.5. The molecule has 1 aliphatic rings. The van der Waals surface area contributed by atoms with Crippen molar-refractivity contribution in [2.45, 2.75) is 6.00 Å². The second kappa shape index (κ2) is 4.50. The molecule has 0 fully saturated rings. The SMILES string of the molecule is O=C1OC(B(O)O)c2c(Cl)c(Cl)c(Cl)c(Cl)c21. The Balaban J connectivity index is 2.78. The van der Waals surface area contributed by atoms with Crippen molar-refractivity contribution in [2.24, 2.45) is 0 Å². The maximum absolute atomic E-state index is 11.5. The van der Waals surface area contributed by atoms with Gasteiger partial charge in [0.25, 0.3) is 0 Å². The summed E-state index contributed by atoms with van der Waals surface area (Å²) in [6.45, 7) is 0. The highest BCUT2D eigenvalue weighted by atomic mass is 35.5. The first kappa shape index (κ1) is 13.3. The molecular weight excluding hydrogens is 313 g/mol. The molecule has 0 aliphatic carbocycles. The number of ether oxygens (including phenoxy) is 1. The van der Waals surface area contributed by atoms with E-state index in [-0.39, 0.29) is 31.2 Å². The number of carbonyl (C=O) groups excluding carboxylic acids is 1. The fraction of sp³-hybridized carbons (Fsp3) is 0.125. The summed E-state index contributed by atoms with van der Waals surface area (Å²) in [6.07, 6.45) is 0. The average molecular weight is 316 g/mol.